The summed E-state index contributed by atoms with van der Waals surface area (Å²) in [7, 11) is -1.50. The van der Waals surface area contributed by atoms with Crippen LogP contribution in [0.5, 0.6) is 0 Å². The molecule has 0 saturated carbocycles. The summed E-state index contributed by atoms with van der Waals surface area (Å²) in [5.41, 5.74) is 1.13. The molecular formula is C13H17BClNO4. The van der Waals surface area contributed by atoms with Crippen LogP contribution in [0, 0.1) is 0 Å². The molecule has 0 saturated heterocycles. The Kier molecular flexibility index (Phi) is 7.15. The minimum Gasteiger partial charge on any atom is -0.466 e. The van der Waals surface area contributed by atoms with Gasteiger partial charge in [0.25, 0.3) is 0 Å². The molecule has 1 rings (SSSR count). The molecule has 0 radical (unpaired) electrons. The fourth-order valence-corrected chi connectivity index (χ4v) is 1.70. The zero-order chi connectivity index (χ0) is 15.0. The monoisotopic (exact) mass is 297 g/mol. The van der Waals surface area contributed by atoms with Gasteiger partial charge in [-0.25, -0.2) is 0 Å². The molecule has 0 spiro atoms. The van der Waals surface area contributed by atoms with E-state index in [1.165, 1.54) is 0 Å². The molecule has 0 unspecified atom stereocenters. The summed E-state index contributed by atoms with van der Waals surface area (Å²) in [5, 5.41) is 21.5. The number of carbonyl (C=O) groups is 1. The van der Waals surface area contributed by atoms with Crippen molar-refractivity contribution in [2.24, 2.45) is 0 Å². The average Bonchev–Trinajstić information content (AvgIpc) is 2.39. The van der Waals surface area contributed by atoms with E-state index in [9.17, 15) is 4.79 Å². The Labute approximate surface area is 123 Å². The summed E-state index contributed by atoms with van der Waals surface area (Å²) in [5.74, 6) is -0.362. The predicted octanol–water partition coefficient (Wildman–Crippen LogP) is 0.854. The van der Waals surface area contributed by atoms with Gasteiger partial charge in [-0.05, 0) is 24.5 Å². The van der Waals surface area contributed by atoms with Gasteiger partial charge in [0.15, 0.2) is 0 Å². The van der Waals surface area contributed by atoms with Crippen LogP contribution in [-0.4, -0.2) is 36.3 Å². The number of esters is 1. The standard InChI is InChI=1S/C13H17BClNO4/c1-2-20-13(17)9-11(15)6-7-16-12-5-3-4-10(8-12)14(18)19/h3-6,8,16,18-19H,2,7,9H2,1H3. The number of anilines is 1. The lowest BCUT2D eigenvalue weighted by Gasteiger charge is -2.06. The third-order valence-corrected chi connectivity index (χ3v) is 2.72. The van der Waals surface area contributed by atoms with E-state index in [0.29, 0.717) is 23.6 Å². The number of nitrogens with one attached hydrogen (secondary N) is 1. The molecule has 1 aromatic carbocycles. The molecular weight excluding hydrogens is 280 g/mol. The zero-order valence-corrected chi connectivity index (χ0v) is 11.9. The van der Waals surface area contributed by atoms with Crippen LogP contribution in [0.15, 0.2) is 35.4 Å². The van der Waals surface area contributed by atoms with Gasteiger partial charge in [-0.2, -0.15) is 0 Å². The molecule has 0 bridgehead atoms. The molecule has 0 fully saturated rings. The Morgan fingerprint density at radius 1 is 1.50 bits per heavy atom. The molecule has 5 nitrogen and oxygen atoms in total. The summed E-state index contributed by atoms with van der Waals surface area (Å²) in [4.78, 5) is 11.2. The predicted molar refractivity (Wildman–Crippen MR) is 79.9 cm³/mol. The summed E-state index contributed by atoms with van der Waals surface area (Å²) in [6.45, 7) is 2.49. The molecule has 7 heteroatoms. The Morgan fingerprint density at radius 3 is 2.90 bits per heavy atom. The molecule has 0 aliphatic heterocycles. The first-order valence-corrected chi connectivity index (χ1v) is 6.61. The van der Waals surface area contributed by atoms with Crippen LogP contribution in [0.2, 0.25) is 0 Å². The smallest absolute Gasteiger partial charge is 0.466 e. The highest BCUT2D eigenvalue weighted by atomic mass is 35.5. The van der Waals surface area contributed by atoms with E-state index in [4.69, 9.17) is 26.4 Å². The quantitative estimate of drug-likeness (QED) is 0.514. The van der Waals surface area contributed by atoms with Gasteiger partial charge in [-0.15, -0.1) is 0 Å². The molecule has 0 amide bonds. The highest BCUT2D eigenvalue weighted by Crippen LogP contribution is 2.09. The van der Waals surface area contributed by atoms with Crippen molar-refractivity contribution in [2.75, 3.05) is 18.5 Å². The van der Waals surface area contributed by atoms with Crippen LogP contribution in [0.4, 0.5) is 5.69 Å². The minimum atomic E-state index is -1.50. The van der Waals surface area contributed by atoms with Gasteiger partial charge in [0.05, 0.1) is 13.0 Å². The summed E-state index contributed by atoms with van der Waals surface area (Å²) >= 11 is 5.90. The Morgan fingerprint density at radius 2 is 2.25 bits per heavy atom. The first-order chi connectivity index (χ1) is 9.52. The van der Waals surface area contributed by atoms with E-state index in [-0.39, 0.29) is 12.4 Å². The maximum atomic E-state index is 11.2. The van der Waals surface area contributed by atoms with Gasteiger partial charge < -0.3 is 20.1 Å². The van der Waals surface area contributed by atoms with Crippen molar-refractivity contribution in [3.05, 3.63) is 35.4 Å². The SMILES string of the molecule is CCOC(=O)CC(Cl)=CCNc1cccc(B(O)O)c1. The zero-order valence-electron chi connectivity index (χ0n) is 11.2. The Balaban J connectivity index is 2.47. The molecule has 0 heterocycles. The van der Waals surface area contributed by atoms with Crippen LogP contribution >= 0.6 is 11.6 Å². The Hall–Kier alpha value is -1.50. The van der Waals surface area contributed by atoms with Crippen molar-refractivity contribution < 1.29 is 19.6 Å². The molecule has 20 heavy (non-hydrogen) atoms. The van der Waals surface area contributed by atoms with Gasteiger partial charge in [-0.3, -0.25) is 4.79 Å². The van der Waals surface area contributed by atoms with Crippen molar-refractivity contribution >= 4 is 35.8 Å². The van der Waals surface area contributed by atoms with Crippen molar-refractivity contribution in [3.8, 4) is 0 Å². The largest absolute Gasteiger partial charge is 0.488 e. The Bertz CT molecular complexity index is 479. The minimum absolute atomic E-state index is 0.0481. The fourth-order valence-electron chi connectivity index (χ4n) is 1.51. The lowest BCUT2D eigenvalue weighted by molar-refractivity contribution is -0.142. The van der Waals surface area contributed by atoms with Gasteiger partial charge >= 0.3 is 13.1 Å². The third-order valence-electron chi connectivity index (χ3n) is 2.43. The van der Waals surface area contributed by atoms with Crippen molar-refractivity contribution in [2.45, 2.75) is 13.3 Å². The maximum absolute atomic E-state index is 11.2. The molecule has 0 aliphatic rings. The number of rotatable bonds is 7. The molecule has 3 N–H and O–H groups in total. The second-order valence-corrected chi connectivity index (χ2v) is 4.50. The van der Waals surface area contributed by atoms with E-state index in [1.54, 1.807) is 37.3 Å². The van der Waals surface area contributed by atoms with E-state index < -0.39 is 7.12 Å². The first kappa shape index (κ1) is 16.6. The number of ether oxygens (including phenoxy) is 1. The summed E-state index contributed by atoms with van der Waals surface area (Å²) in [6.07, 6.45) is 1.72. The summed E-state index contributed by atoms with van der Waals surface area (Å²) in [6, 6.07) is 6.73. The van der Waals surface area contributed by atoms with Gasteiger partial charge in [-0.1, -0.05) is 29.8 Å². The lowest BCUT2D eigenvalue weighted by atomic mass is 9.80. The van der Waals surface area contributed by atoms with E-state index in [2.05, 4.69) is 5.32 Å². The normalized spacial score (nSPS) is 11.1. The summed E-state index contributed by atoms with van der Waals surface area (Å²) < 4.78 is 4.78. The molecule has 1 aromatic rings. The van der Waals surface area contributed by atoms with Gasteiger partial charge in [0.2, 0.25) is 0 Å². The van der Waals surface area contributed by atoms with Crippen LogP contribution in [0.3, 0.4) is 0 Å². The molecule has 108 valence electrons. The highest BCUT2D eigenvalue weighted by molar-refractivity contribution is 6.58. The molecule has 0 atom stereocenters. The van der Waals surface area contributed by atoms with Crippen LogP contribution in [0.1, 0.15) is 13.3 Å². The fraction of sp³-hybridized carbons (Fsp3) is 0.308. The molecule has 0 aromatic heterocycles. The van der Waals surface area contributed by atoms with Gasteiger partial charge in [0, 0.05) is 17.3 Å². The van der Waals surface area contributed by atoms with E-state index >= 15 is 0 Å². The maximum Gasteiger partial charge on any atom is 0.488 e. The number of benzene rings is 1. The lowest BCUT2D eigenvalue weighted by Crippen LogP contribution is -2.29. The average molecular weight is 298 g/mol. The second kappa shape index (κ2) is 8.63. The topological polar surface area (TPSA) is 78.8 Å². The third kappa shape index (κ3) is 6.10. The van der Waals surface area contributed by atoms with Crippen LogP contribution in [0.25, 0.3) is 0 Å². The van der Waals surface area contributed by atoms with Crippen molar-refractivity contribution in [3.63, 3.8) is 0 Å². The van der Waals surface area contributed by atoms with Crippen LogP contribution in [-0.2, 0) is 9.53 Å². The number of halogens is 1. The molecule has 0 aliphatic carbocycles. The number of hydrogen-bond donors (Lipinski definition) is 3. The van der Waals surface area contributed by atoms with Crippen molar-refractivity contribution in [1.29, 1.82) is 0 Å². The van der Waals surface area contributed by atoms with Crippen LogP contribution < -0.4 is 10.8 Å². The van der Waals surface area contributed by atoms with E-state index in [1.807, 2.05) is 0 Å². The van der Waals surface area contributed by atoms with E-state index in [0.717, 1.165) is 5.69 Å². The first-order valence-electron chi connectivity index (χ1n) is 6.23. The second-order valence-electron chi connectivity index (χ2n) is 4.01. The number of hydrogen-bond acceptors (Lipinski definition) is 5. The number of carbonyl (C=O) groups excluding carboxylic acids is 1. The highest BCUT2D eigenvalue weighted by Gasteiger charge is 2.10. The van der Waals surface area contributed by atoms with Crippen molar-refractivity contribution in [1.82, 2.24) is 0 Å². The van der Waals surface area contributed by atoms with Gasteiger partial charge in [0.1, 0.15) is 0 Å².